The van der Waals surface area contributed by atoms with Crippen molar-refractivity contribution < 1.29 is 13.5 Å². The van der Waals surface area contributed by atoms with Crippen LogP contribution in [0.3, 0.4) is 0 Å². The molecule has 1 rings (SSSR count). The van der Waals surface area contributed by atoms with Gasteiger partial charge in [0, 0.05) is 0 Å². The Balaban J connectivity index is 3.09. The van der Waals surface area contributed by atoms with E-state index in [1.807, 2.05) is 6.07 Å². The molecule has 0 bridgehead atoms. The van der Waals surface area contributed by atoms with Gasteiger partial charge in [0.05, 0.1) is 23.6 Å². The molecule has 0 heterocycles. The summed E-state index contributed by atoms with van der Waals surface area (Å²) in [5, 5.41) is 17.8. The molecule has 74 valence electrons. The number of hydrogen-bond donors (Lipinski definition) is 2. The Kier molecular flexibility index (Phi) is 2.63. The molecule has 0 aliphatic heterocycles. The largest absolute Gasteiger partial charge is 0.506 e. The third-order valence-electron chi connectivity index (χ3n) is 1.42. The average Bonchev–Trinajstić information content (AvgIpc) is 2.06. The number of sulfonamides is 1. The molecule has 14 heavy (non-hydrogen) atoms. The van der Waals surface area contributed by atoms with Crippen LogP contribution in [0, 0.1) is 11.3 Å². The van der Waals surface area contributed by atoms with E-state index in [0.29, 0.717) is 0 Å². The normalized spacial score (nSPS) is 10.6. The molecule has 2 N–H and O–H groups in total. The lowest BCUT2D eigenvalue weighted by atomic mass is 10.2. The number of nitrogens with zero attached hydrogens (tertiary/aromatic N) is 1. The minimum Gasteiger partial charge on any atom is -0.506 e. The molecule has 0 radical (unpaired) electrons. The van der Waals surface area contributed by atoms with Gasteiger partial charge in [-0.3, -0.25) is 4.72 Å². The van der Waals surface area contributed by atoms with Crippen LogP contribution in [0.15, 0.2) is 18.2 Å². The van der Waals surface area contributed by atoms with Crippen molar-refractivity contribution in [3.8, 4) is 11.8 Å². The summed E-state index contributed by atoms with van der Waals surface area (Å²) in [6, 6.07) is 5.75. The first-order chi connectivity index (χ1) is 6.42. The highest BCUT2D eigenvalue weighted by atomic mass is 32.2. The van der Waals surface area contributed by atoms with E-state index >= 15 is 0 Å². The molecule has 0 amide bonds. The summed E-state index contributed by atoms with van der Waals surface area (Å²) < 4.78 is 23.8. The number of nitriles is 1. The zero-order valence-corrected chi connectivity index (χ0v) is 8.17. The molecular weight excluding hydrogens is 204 g/mol. The molecule has 5 nitrogen and oxygen atoms in total. The number of nitrogens with one attached hydrogen (secondary N) is 1. The van der Waals surface area contributed by atoms with Crippen LogP contribution in [-0.4, -0.2) is 19.8 Å². The summed E-state index contributed by atoms with van der Waals surface area (Å²) in [4.78, 5) is 0. The first kappa shape index (κ1) is 10.3. The second kappa shape index (κ2) is 3.55. The molecule has 0 spiro atoms. The van der Waals surface area contributed by atoms with Crippen LogP contribution in [0.5, 0.6) is 5.75 Å². The SMILES string of the molecule is CS(=O)(=O)Nc1ccc(C#N)cc1O. The van der Waals surface area contributed by atoms with Gasteiger partial charge in [0.1, 0.15) is 5.75 Å². The first-order valence-electron chi connectivity index (χ1n) is 3.63. The maximum Gasteiger partial charge on any atom is 0.229 e. The van der Waals surface area contributed by atoms with E-state index < -0.39 is 10.0 Å². The van der Waals surface area contributed by atoms with Crippen molar-refractivity contribution in [2.75, 3.05) is 11.0 Å². The molecule has 0 saturated heterocycles. The fraction of sp³-hybridized carbons (Fsp3) is 0.125. The molecule has 1 aromatic carbocycles. The van der Waals surface area contributed by atoms with Gasteiger partial charge >= 0.3 is 0 Å². The summed E-state index contributed by atoms with van der Waals surface area (Å²) >= 11 is 0. The lowest BCUT2D eigenvalue weighted by Crippen LogP contribution is -2.09. The predicted molar refractivity (Wildman–Crippen MR) is 51.3 cm³/mol. The molecule has 1 aromatic rings. The first-order valence-corrected chi connectivity index (χ1v) is 5.52. The molecule has 6 heteroatoms. The predicted octanol–water partition coefficient (Wildman–Crippen LogP) is 0.635. The molecular formula is C8H8N2O3S. The minimum atomic E-state index is -3.41. The summed E-state index contributed by atoms with van der Waals surface area (Å²) in [6.45, 7) is 0. The van der Waals surface area contributed by atoms with E-state index in [1.165, 1.54) is 18.2 Å². The van der Waals surface area contributed by atoms with Gasteiger partial charge in [0.2, 0.25) is 10.0 Å². The van der Waals surface area contributed by atoms with Gasteiger partial charge in [-0.15, -0.1) is 0 Å². The van der Waals surface area contributed by atoms with Gasteiger partial charge in [0.15, 0.2) is 0 Å². The highest BCUT2D eigenvalue weighted by Crippen LogP contribution is 2.24. The van der Waals surface area contributed by atoms with Gasteiger partial charge < -0.3 is 5.11 Å². The standard InChI is InChI=1S/C8H8N2O3S/c1-14(12,13)10-7-3-2-6(5-9)4-8(7)11/h2-4,10-11H,1H3. The summed E-state index contributed by atoms with van der Waals surface area (Å²) in [7, 11) is -3.41. The monoisotopic (exact) mass is 212 g/mol. The fourth-order valence-electron chi connectivity index (χ4n) is 0.887. The van der Waals surface area contributed by atoms with Crippen LogP contribution in [0.25, 0.3) is 0 Å². The summed E-state index contributed by atoms with van der Waals surface area (Å²) in [6.07, 6.45) is 0.977. The van der Waals surface area contributed by atoms with E-state index in [9.17, 15) is 13.5 Å². The van der Waals surface area contributed by atoms with Crippen molar-refractivity contribution in [1.82, 2.24) is 0 Å². The number of aromatic hydroxyl groups is 1. The number of anilines is 1. The van der Waals surface area contributed by atoms with Crippen molar-refractivity contribution >= 4 is 15.7 Å². The highest BCUT2D eigenvalue weighted by Gasteiger charge is 2.06. The molecule has 0 unspecified atom stereocenters. The zero-order valence-electron chi connectivity index (χ0n) is 7.35. The Hall–Kier alpha value is -1.74. The fourth-order valence-corrected chi connectivity index (χ4v) is 1.46. The molecule has 0 fully saturated rings. The van der Waals surface area contributed by atoms with Gasteiger partial charge in [-0.1, -0.05) is 0 Å². The number of hydrogen-bond acceptors (Lipinski definition) is 4. The molecule has 0 aliphatic rings. The topological polar surface area (TPSA) is 90.2 Å². The van der Waals surface area contributed by atoms with Crippen molar-refractivity contribution in [2.45, 2.75) is 0 Å². The average molecular weight is 212 g/mol. The lowest BCUT2D eigenvalue weighted by molar-refractivity contribution is 0.477. The van der Waals surface area contributed by atoms with Gasteiger partial charge in [0.25, 0.3) is 0 Å². The van der Waals surface area contributed by atoms with Crippen LogP contribution in [0.2, 0.25) is 0 Å². The van der Waals surface area contributed by atoms with E-state index in [1.54, 1.807) is 0 Å². The van der Waals surface area contributed by atoms with Crippen LogP contribution in [0.4, 0.5) is 5.69 Å². The Morgan fingerprint density at radius 3 is 2.57 bits per heavy atom. The van der Waals surface area contributed by atoms with Gasteiger partial charge in [-0.2, -0.15) is 5.26 Å². The molecule has 0 saturated carbocycles. The van der Waals surface area contributed by atoms with E-state index in [2.05, 4.69) is 4.72 Å². The Morgan fingerprint density at radius 2 is 2.14 bits per heavy atom. The maximum absolute atomic E-state index is 10.8. The minimum absolute atomic E-state index is 0.0616. The lowest BCUT2D eigenvalue weighted by Gasteiger charge is -2.05. The van der Waals surface area contributed by atoms with Crippen molar-refractivity contribution in [3.63, 3.8) is 0 Å². The smallest absolute Gasteiger partial charge is 0.229 e. The summed E-state index contributed by atoms with van der Waals surface area (Å²) in [5.41, 5.74) is 0.327. The quantitative estimate of drug-likeness (QED) is 0.704. The van der Waals surface area contributed by atoms with Crippen LogP contribution in [-0.2, 0) is 10.0 Å². The third-order valence-corrected chi connectivity index (χ3v) is 2.01. The molecule has 0 atom stereocenters. The second-order valence-electron chi connectivity index (χ2n) is 2.72. The maximum atomic E-state index is 10.8. The molecule has 0 aromatic heterocycles. The summed E-state index contributed by atoms with van der Waals surface area (Å²) in [5.74, 6) is -0.269. The number of rotatable bonds is 2. The Labute approximate surface area is 81.7 Å². The molecule has 0 aliphatic carbocycles. The third kappa shape index (κ3) is 2.64. The number of phenols is 1. The van der Waals surface area contributed by atoms with Crippen LogP contribution in [0.1, 0.15) is 5.56 Å². The van der Waals surface area contributed by atoms with E-state index in [0.717, 1.165) is 6.26 Å². The van der Waals surface area contributed by atoms with Crippen LogP contribution >= 0.6 is 0 Å². The van der Waals surface area contributed by atoms with Crippen molar-refractivity contribution in [2.24, 2.45) is 0 Å². The second-order valence-corrected chi connectivity index (χ2v) is 4.47. The highest BCUT2D eigenvalue weighted by molar-refractivity contribution is 7.92. The Bertz CT molecular complexity index is 488. The number of benzene rings is 1. The van der Waals surface area contributed by atoms with Gasteiger partial charge in [-0.25, -0.2) is 8.42 Å². The van der Waals surface area contributed by atoms with E-state index in [4.69, 9.17) is 5.26 Å². The van der Waals surface area contributed by atoms with Gasteiger partial charge in [-0.05, 0) is 18.2 Å². The number of phenolic OH excluding ortho intramolecular Hbond substituents is 1. The van der Waals surface area contributed by atoms with Crippen LogP contribution < -0.4 is 4.72 Å². The Morgan fingerprint density at radius 1 is 1.50 bits per heavy atom. The van der Waals surface area contributed by atoms with Crippen molar-refractivity contribution in [1.29, 1.82) is 5.26 Å². The van der Waals surface area contributed by atoms with E-state index in [-0.39, 0.29) is 17.0 Å². The van der Waals surface area contributed by atoms with Crippen molar-refractivity contribution in [3.05, 3.63) is 23.8 Å². The zero-order chi connectivity index (χ0) is 10.8.